The fraction of sp³-hybridized carbons (Fsp3) is 0.750. The van der Waals surface area contributed by atoms with E-state index in [2.05, 4.69) is 14.9 Å². The van der Waals surface area contributed by atoms with Gasteiger partial charge in [0.05, 0.1) is 11.1 Å². The molecule has 0 aromatic carbocycles. The van der Waals surface area contributed by atoms with Crippen LogP contribution in [0.25, 0.3) is 0 Å². The van der Waals surface area contributed by atoms with Crippen molar-refractivity contribution in [2.45, 2.75) is 56.9 Å². The number of carbonyl (C=O) groups excluding carboxylic acids is 1. The Bertz CT molecular complexity index is 441. The zero-order valence-corrected chi connectivity index (χ0v) is 12.4. The van der Waals surface area contributed by atoms with E-state index in [-0.39, 0.29) is 22.7 Å². The average Bonchev–Trinajstić information content (AvgIpc) is 2.86. The molecule has 1 heterocycles. The number of amides is 1. The average molecular weight is 288 g/mol. The van der Waals surface area contributed by atoms with Crippen LogP contribution in [0.15, 0.2) is 0 Å². The van der Waals surface area contributed by atoms with Crippen LogP contribution in [0, 0.1) is 0 Å². The fourth-order valence-corrected chi connectivity index (χ4v) is 3.26. The molecule has 4 nitrogen and oxygen atoms in total. The third-order valence-electron chi connectivity index (χ3n) is 3.15. The van der Waals surface area contributed by atoms with Gasteiger partial charge in [0.25, 0.3) is 5.91 Å². The van der Waals surface area contributed by atoms with Gasteiger partial charge < -0.3 is 5.32 Å². The molecule has 1 aliphatic carbocycles. The van der Waals surface area contributed by atoms with Crippen LogP contribution in [0.5, 0.6) is 0 Å². The van der Waals surface area contributed by atoms with Gasteiger partial charge in [-0.1, -0.05) is 25.3 Å². The van der Waals surface area contributed by atoms with Gasteiger partial charge in [-0.25, -0.2) is 0 Å². The lowest BCUT2D eigenvalue weighted by Crippen LogP contribution is -2.38. The Balaban J connectivity index is 2.12. The van der Waals surface area contributed by atoms with E-state index in [1.54, 1.807) is 0 Å². The minimum atomic E-state index is -0.171. The highest BCUT2D eigenvalue weighted by molar-refractivity contribution is 7.08. The Morgan fingerprint density at radius 1 is 1.44 bits per heavy atom. The van der Waals surface area contributed by atoms with E-state index in [1.807, 2.05) is 20.8 Å². The molecule has 1 amide bonds. The summed E-state index contributed by atoms with van der Waals surface area (Å²) in [6.07, 6.45) is 3.00. The van der Waals surface area contributed by atoms with Crippen LogP contribution in [0.2, 0.25) is 0 Å². The molecule has 2 unspecified atom stereocenters. The Morgan fingerprint density at radius 3 is 2.72 bits per heavy atom. The minimum Gasteiger partial charge on any atom is -0.347 e. The topological polar surface area (TPSA) is 54.9 Å². The highest BCUT2D eigenvalue weighted by Gasteiger charge is 2.31. The van der Waals surface area contributed by atoms with E-state index < -0.39 is 0 Å². The first-order valence-corrected chi connectivity index (χ1v) is 7.38. The third-order valence-corrected chi connectivity index (χ3v) is 4.40. The Hall–Kier alpha value is -0.680. The van der Waals surface area contributed by atoms with E-state index in [9.17, 15) is 4.79 Å². The quantitative estimate of drug-likeness (QED) is 0.851. The van der Waals surface area contributed by atoms with Crippen molar-refractivity contribution in [2.75, 3.05) is 0 Å². The van der Waals surface area contributed by atoms with Crippen molar-refractivity contribution in [3.05, 3.63) is 10.6 Å². The van der Waals surface area contributed by atoms with Gasteiger partial charge in [-0.3, -0.25) is 4.79 Å². The van der Waals surface area contributed by atoms with Crippen molar-refractivity contribution in [3.8, 4) is 0 Å². The lowest BCUT2D eigenvalue weighted by atomic mass is 9.91. The number of nitrogens with zero attached hydrogens (tertiary/aromatic N) is 2. The molecule has 2 atom stereocenters. The van der Waals surface area contributed by atoms with Crippen molar-refractivity contribution in [1.82, 2.24) is 14.9 Å². The van der Waals surface area contributed by atoms with E-state index in [4.69, 9.17) is 11.6 Å². The highest BCUT2D eigenvalue weighted by Crippen LogP contribution is 2.27. The molecule has 0 spiro atoms. The van der Waals surface area contributed by atoms with Gasteiger partial charge in [0.15, 0.2) is 0 Å². The molecule has 2 rings (SSSR count). The molecule has 0 bridgehead atoms. The van der Waals surface area contributed by atoms with Gasteiger partial charge in [-0.05, 0) is 30.8 Å². The smallest absolute Gasteiger partial charge is 0.265 e. The Morgan fingerprint density at radius 2 is 2.17 bits per heavy atom. The normalized spacial score (nSPS) is 24.2. The summed E-state index contributed by atoms with van der Waals surface area (Å²) in [7, 11) is 0. The summed E-state index contributed by atoms with van der Waals surface area (Å²) in [5.74, 6) is -0.0903. The Labute approximate surface area is 116 Å². The zero-order chi connectivity index (χ0) is 13.3. The van der Waals surface area contributed by atoms with Crippen molar-refractivity contribution in [1.29, 1.82) is 0 Å². The molecule has 0 saturated heterocycles. The minimum absolute atomic E-state index is 0.0490. The fourth-order valence-electron chi connectivity index (χ4n) is 2.14. The standard InChI is InChI=1S/C12H18ClN3OS/c1-12(2,3)10-9(18-16-15-10)11(17)14-8-6-4-5-7(8)13/h7-8H,4-6H2,1-3H3,(H,14,17). The summed E-state index contributed by atoms with van der Waals surface area (Å²) in [6.45, 7) is 6.08. The summed E-state index contributed by atoms with van der Waals surface area (Å²) in [5.41, 5.74) is 0.588. The molecule has 0 radical (unpaired) electrons. The maximum Gasteiger partial charge on any atom is 0.265 e. The van der Waals surface area contributed by atoms with E-state index in [0.29, 0.717) is 4.88 Å². The van der Waals surface area contributed by atoms with Crippen LogP contribution < -0.4 is 5.32 Å². The lowest BCUT2D eigenvalue weighted by Gasteiger charge is -2.18. The monoisotopic (exact) mass is 287 g/mol. The van der Waals surface area contributed by atoms with Crippen molar-refractivity contribution < 1.29 is 4.79 Å². The predicted molar refractivity (Wildman–Crippen MR) is 73.4 cm³/mol. The van der Waals surface area contributed by atoms with Gasteiger partial charge in [0, 0.05) is 11.5 Å². The maximum atomic E-state index is 12.2. The lowest BCUT2D eigenvalue weighted by molar-refractivity contribution is 0.0940. The van der Waals surface area contributed by atoms with Gasteiger partial charge in [-0.2, -0.15) is 0 Å². The first-order valence-electron chi connectivity index (χ1n) is 6.17. The number of carbonyl (C=O) groups is 1. The zero-order valence-electron chi connectivity index (χ0n) is 10.9. The number of nitrogens with one attached hydrogen (secondary N) is 1. The maximum absolute atomic E-state index is 12.2. The molecule has 1 N–H and O–H groups in total. The van der Waals surface area contributed by atoms with Crippen LogP contribution in [0.1, 0.15) is 55.4 Å². The molecule has 1 aliphatic rings. The van der Waals surface area contributed by atoms with Gasteiger partial charge in [0.2, 0.25) is 0 Å². The molecule has 1 fully saturated rings. The van der Waals surface area contributed by atoms with E-state index in [1.165, 1.54) is 0 Å². The third kappa shape index (κ3) is 2.83. The van der Waals surface area contributed by atoms with Crippen molar-refractivity contribution in [3.63, 3.8) is 0 Å². The summed E-state index contributed by atoms with van der Waals surface area (Å²) in [4.78, 5) is 12.8. The number of hydrogen-bond donors (Lipinski definition) is 1. The van der Waals surface area contributed by atoms with Crippen LogP contribution in [-0.2, 0) is 5.41 Å². The molecular formula is C12H18ClN3OS. The molecule has 1 aromatic heterocycles. The molecule has 6 heteroatoms. The molecular weight excluding hydrogens is 270 g/mol. The SMILES string of the molecule is CC(C)(C)c1nnsc1C(=O)NC1CCCC1Cl. The molecule has 1 saturated carbocycles. The number of aromatic nitrogens is 2. The van der Waals surface area contributed by atoms with Crippen LogP contribution >= 0.6 is 23.1 Å². The first kappa shape index (κ1) is 13.7. The second kappa shape index (κ2) is 5.13. The van der Waals surface area contributed by atoms with Crippen molar-refractivity contribution in [2.24, 2.45) is 0 Å². The van der Waals surface area contributed by atoms with Crippen LogP contribution in [0.4, 0.5) is 0 Å². The molecule has 1 aromatic rings. The highest BCUT2D eigenvalue weighted by atomic mass is 35.5. The summed E-state index contributed by atoms with van der Waals surface area (Å²) in [6, 6.07) is 0.0779. The van der Waals surface area contributed by atoms with Gasteiger partial charge in [0.1, 0.15) is 4.88 Å². The number of alkyl halides is 1. The van der Waals surface area contributed by atoms with Crippen molar-refractivity contribution >= 4 is 29.0 Å². The summed E-state index contributed by atoms with van der Waals surface area (Å²) < 4.78 is 3.90. The second-order valence-corrected chi connectivity index (χ2v) is 7.04. The molecule has 100 valence electrons. The van der Waals surface area contributed by atoms with Gasteiger partial charge in [-0.15, -0.1) is 16.7 Å². The molecule has 18 heavy (non-hydrogen) atoms. The van der Waals surface area contributed by atoms with Crippen LogP contribution in [0.3, 0.4) is 0 Å². The number of rotatable bonds is 2. The summed E-state index contributed by atoms with van der Waals surface area (Å²) in [5, 5.41) is 7.13. The largest absolute Gasteiger partial charge is 0.347 e. The van der Waals surface area contributed by atoms with Crippen LogP contribution in [-0.4, -0.2) is 26.9 Å². The van der Waals surface area contributed by atoms with E-state index in [0.717, 1.165) is 36.5 Å². The molecule has 0 aliphatic heterocycles. The number of halogens is 1. The number of hydrogen-bond acceptors (Lipinski definition) is 4. The summed E-state index contributed by atoms with van der Waals surface area (Å²) >= 11 is 7.32. The first-order chi connectivity index (χ1) is 8.39. The van der Waals surface area contributed by atoms with E-state index >= 15 is 0 Å². The Kier molecular flexibility index (Phi) is 3.92. The second-order valence-electron chi connectivity index (χ2n) is 5.73. The predicted octanol–water partition coefficient (Wildman–Crippen LogP) is 2.73. The van der Waals surface area contributed by atoms with Gasteiger partial charge >= 0.3 is 0 Å².